The molecule has 1 aromatic carbocycles. The van der Waals surface area contributed by atoms with Crippen LogP contribution in [-0.2, 0) is 0 Å². The standard InChI is InChI=1S/C12H17FN2S2/c1-3-17-7-8(2)15-10-6-4-5-9(13)11(10)12(14)16/h4-6,8,15H,3,7H2,1-2H3,(H2,14,16). The fourth-order valence-corrected chi connectivity index (χ4v) is 2.38. The number of nitrogens with two attached hydrogens (primary N) is 1. The van der Waals surface area contributed by atoms with Crippen LogP contribution in [-0.4, -0.2) is 22.5 Å². The van der Waals surface area contributed by atoms with Crippen molar-refractivity contribution in [3.63, 3.8) is 0 Å². The molecule has 0 saturated heterocycles. The van der Waals surface area contributed by atoms with Gasteiger partial charge in [0.25, 0.3) is 0 Å². The number of benzene rings is 1. The molecule has 0 aliphatic heterocycles. The Balaban J connectivity index is 2.83. The molecule has 0 aromatic heterocycles. The first-order valence-electron chi connectivity index (χ1n) is 5.48. The summed E-state index contributed by atoms with van der Waals surface area (Å²) in [5.41, 5.74) is 6.51. The first-order valence-corrected chi connectivity index (χ1v) is 7.05. The third-order valence-electron chi connectivity index (χ3n) is 2.23. The number of hydrogen-bond donors (Lipinski definition) is 2. The zero-order valence-electron chi connectivity index (χ0n) is 10.00. The predicted octanol–water partition coefficient (Wildman–Crippen LogP) is 3.01. The van der Waals surface area contributed by atoms with E-state index in [-0.39, 0.29) is 16.8 Å². The molecule has 5 heteroatoms. The van der Waals surface area contributed by atoms with Gasteiger partial charge in [-0.05, 0) is 24.8 Å². The molecule has 1 rings (SSSR count). The maximum Gasteiger partial charge on any atom is 0.135 e. The van der Waals surface area contributed by atoms with E-state index in [4.69, 9.17) is 18.0 Å². The molecule has 0 bridgehead atoms. The van der Waals surface area contributed by atoms with Gasteiger partial charge in [-0.25, -0.2) is 4.39 Å². The van der Waals surface area contributed by atoms with Gasteiger partial charge in [-0.15, -0.1) is 0 Å². The largest absolute Gasteiger partial charge is 0.389 e. The number of anilines is 1. The first-order chi connectivity index (χ1) is 8.06. The number of thiocarbonyl (C=S) groups is 1. The van der Waals surface area contributed by atoms with Crippen LogP contribution in [0.4, 0.5) is 10.1 Å². The van der Waals surface area contributed by atoms with Crippen LogP contribution in [0.15, 0.2) is 18.2 Å². The minimum atomic E-state index is -0.377. The molecule has 0 heterocycles. The molecule has 0 aliphatic rings. The Morgan fingerprint density at radius 3 is 2.88 bits per heavy atom. The van der Waals surface area contributed by atoms with Crippen molar-refractivity contribution >= 4 is 34.7 Å². The summed E-state index contributed by atoms with van der Waals surface area (Å²) in [6.45, 7) is 4.16. The van der Waals surface area contributed by atoms with Gasteiger partial charge in [-0.3, -0.25) is 0 Å². The lowest BCUT2D eigenvalue weighted by Crippen LogP contribution is -2.22. The molecule has 0 aliphatic carbocycles. The third kappa shape index (κ3) is 4.16. The van der Waals surface area contributed by atoms with Crippen molar-refractivity contribution in [2.24, 2.45) is 5.73 Å². The zero-order chi connectivity index (χ0) is 12.8. The number of nitrogens with one attached hydrogen (secondary N) is 1. The molecule has 94 valence electrons. The van der Waals surface area contributed by atoms with Crippen LogP contribution < -0.4 is 11.1 Å². The Morgan fingerprint density at radius 1 is 1.59 bits per heavy atom. The van der Waals surface area contributed by atoms with Gasteiger partial charge in [0.1, 0.15) is 10.8 Å². The Labute approximate surface area is 111 Å². The van der Waals surface area contributed by atoms with E-state index >= 15 is 0 Å². The van der Waals surface area contributed by atoms with E-state index in [0.29, 0.717) is 11.3 Å². The van der Waals surface area contributed by atoms with E-state index in [2.05, 4.69) is 19.2 Å². The van der Waals surface area contributed by atoms with E-state index in [1.807, 2.05) is 11.8 Å². The molecule has 1 aromatic rings. The average Bonchev–Trinajstić information content (AvgIpc) is 2.25. The summed E-state index contributed by atoms with van der Waals surface area (Å²) >= 11 is 6.70. The Hall–Kier alpha value is -0.810. The van der Waals surface area contributed by atoms with E-state index in [9.17, 15) is 4.39 Å². The number of halogens is 1. The Kier molecular flexibility index (Phi) is 5.71. The van der Waals surface area contributed by atoms with Crippen molar-refractivity contribution in [1.29, 1.82) is 0 Å². The molecule has 0 spiro atoms. The lowest BCUT2D eigenvalue weighted by atomic mass is 10.1. The fraction of sp³-hybridized carbons (Fsp3) is 0.417. The molecule has 0 amide bonds. The molecule has 17 heavy (non-hydrogen) atoms. The normalized spacial score (nSPS) is 12.2. The molecule has 2 nitrogen and oxygen atoms in total. The molecule has 0 saturated carbocycles. The van der Waals surface area contributed by atoms with Crippen molar-refractivity contribution in [1.82, 2.24) is 0 Å². The van der Waals surface area contributed by atoms with Crippen molar-refractivity contribution < 1.29 is 4.39 Å². The quantitative estimate of drug-likeness (QED) is 0.781. The minimum Gasteiger partial charge on any atom is -0.389 e. The lowest BCUT2D eigenvalue weighted by Gasteiger charge is -2.17. The maximum absolute atomic E-state index is 13.6. The smallest absolute Gasteiger partial charge is 0.135 e. The van der Waals surface area contributed by atoms with Gasteiger partial charge in [0.2, 0.25) is 0 Å². The van der Waals surface area contributed by atoms with Gasteiger partial charge in [-0.2, -0.15) is 11.8 Å². The van der Waals surface area contributed by atoms with Gasteiger partial charge in [-0.1, -0.05) is 25.2 Å². The van der Waals surface area contributed by atoms with Crippen molar-refractivity contribution in [2.75, 3.05) is 16.8 Å². The van der Waals surface area contributed by atoms with Crippen molar-refractivity contribution in [3.05, 3.63) is 29.6 Å². The summed E-state index contributed by atoms with van der Waals surface area (Å²) < 4.78 is 13.6. The molecular formula is C12H17FN2S2. The fourth-order valence-electron chi connectivity index (χ4n) is 1.50. The molecule has 0 fully saturated rings. The Morgan fingerprint density at radius 2 is 2.29 bits per heavy atom. The number of hydrogen-bond acceptors (Lipinski definition) is 3. The minimum absolute atomic E-state index is 0.0842. The zero-order valence-corrected chi connectivity index (χ0v) is 11.6. The van der Waals surface area contributed by atoms with E-state index in [0.717, 1.165) is 11.5 Å². The van der Waals surface area contributed by atoms with Crippen LogP contribution in [0.1, 0.15) is 19.4 Å². The second kappa shape index (κ2) is 6.81. The second-order valence-corrected chi connectivity index (χ2v) is 5.49. The highest BCUT2D eigenvalue weighted by Gasteiger charge is 2.12. The first kappa shape index (κ1) is 14.3. The van der Waals surface area contributed by atoms with E-state index in [1.165, 1.54) is 6.07 Å². The van der Waals surface area contributed by atoms with Crippen molar-refractivity contribution in [3.8, 4) is 0 Å². The van der Waals surface area contributed by atoms with Crippen LogP contribution in [0.25, 0.3) is 0 Å². The summed E-state index contributed by atoms with van der Waals surface area (Å²) in [5, 5.41) is 3.24. The molecule has 3 N–H and O–H groups in total. The topological polar surface area (TPSA) is 38.0 Å². The molecular weight excluding hydrogens is 255 g/mol. The summed E-state index contributed by atoms with van der Waals surface area (Å²) in [5.74, 6) is 1.65. The summed E-state index contributed by atoms with van der Waals surface area (Å²) in [7, 11) is 0. The van der Waals surface area contributed by atoms with Crippen molar-refractivity contribution in [2.45, 2.75) is 19.9 Å². The van der Waals surface area contributed by atoms with Crippen LogP contribution in [0.3, 0.4) is 0 Å². The van der Waals surface area contributed by atoms with Gasteiger partial charge >= 0.3 is 0 Å². The Bertz CT molecular complexity index is 396. The number of thioether (sulfide) groups is 1. The van der Waals surface area contributed by atoms with Crippen LogP contribution in [0, 0.1) is 5.82 Å². The van der Waals surface area contributed by atoms with Gasteiger partial charge < -0.3 is 11.1 Å². The van der Waals surface area contributed by atoms with Crippen LogP contribution >= 0.6 is 24.0 Å². The van der Waals surface area contributed by atoms with Crippen LogP contribution in [0.2, 0.25) is 0 Å². The monoisotopic (exact) mass is 272 g/mol. The second-order valence-electron chi connectivity index (χ2n) is 3.73. The van der Waals surface area contributed by atoms with Gasteiger partial charge in [0.15, 0.2) is 0 Å². The summed E-state index contributed by atoms with van der Waals surface area (Å²) in [6, 6.07) is 5.06. The van der Waals surface area contributed by atoms with Gasteiger partial charge in [0, 0.05) is 17.5 Å². The molecule has 1 atom stereocenters. The predicted molar refractivity (Wildman–Crippen MR) is 78.4 cm³/mol. The molecule has 0 radical (unpaired) electrons. The van der Waals surface area contributed by atoms with E-state index < -0.39 is 0 Å². The van der Waals surface area contributed by atoms with Crippen LogP contribution in [0.5, 0.6) is 0 Å². The third-order valence-corrected chi connectivity index (χ3v) is 3.58. The number of rotatable bonds is 6. The lowest BCUT2D eigenvalue weighted by molar-refractivity contribution is 0.625. The van der Waals surface area contributed by atoms with Gasteiger partial charge in [0.05, 0.1) is 5.56 Å². The highest BCUT2D eigenvalue weighted by atomic mass is 32.2. The van der Waals surface area contributed by atoms with E-state index in [1.54, 1.807) is 12.1 Å². The highest BCUT2D eigenvalue weighted by Crippen LogP contribution is 2.20. The average molecular weight is 272 g/mol. The molecule has 1 unspecified atom stereocenters. The SMILES string of the molecule is CCSCC(C)Nc1cccc(F)c1C(N)=S. The maximum atomic E-state index is 13.6. The highest BCUT2D eigenvalue weighted by molar-refractivity contribution is 7.99. The summed E-state index contributed by atoms with van der Waals surface area (Å²) in [6.07, 6.45) is 0. The summed E-state index contributed by atoms with van der Waals surface area (Å²) in [4.78, 5) is 0.0842.